The molecule has 28 heavy (non-hydrogen) atoms. The summed E-state index contributed by atoms with van der Waals surface area (Å²) in [7, 11) is 0. The molecule has 3 aliphatic rings. The summed E-state index contributed by atoms with van der Waals surface area (Å²) in [5.74, 6) is 0.826. The van der Waals surface area contributed by atoms with E-state index in [4.69, 9.17) is 9.47 Å². The van der Waals surface area contributed by atoms with Gasteiger partial charge in [0.05, 0.1) is 0 Å². The number of nitrogens with zero attached hydrogens (tertiary/aromatic N) is 1. The number of benzene rings is 1. The van der Waals surface area contributed by atoms with Crippen molar-refractivity contribution in [3.63, 3.8) is 0 Å². The third kappa shape index (κ3) is 3.88. The number of nitrogens with one attached hydrogen (secondary N) is 1. The van der Waals surface area contributed by atoms with Gasteiger partial charge in [0.1, 0.15) is 5.60 Å². The highest BCUT2D eigenvalue weighted by Gasteiger charge is 2.41. The molecule has 0 radical (unpaired) electrons. The SMILES string of the molecule is CC(C)(C)OC(=O)N1C[C@H]2CNC(=O)c3cc(C4CCOCC4)ccc3[C@@H]2C1. The molecular weight excluding hydrogens is 356 g/mol. The molecule has 0 unspecified atom stereocenters. The van der Waals surface area contributed by atoms with Gasteiger partial charge in [-0.05, 0) is 56.7 Å². The predicted octanol–water partition coefficient (Wildman–Crippen LogP) is 3.27. The molecule has 6 nitrogen and oxygen atoms in total. The fraction of sp³-hybridized carbons (Fsp3) is 0.636. The molecule has 6 heteroatoms. The van der Waals surface area contributed by atoms with Crippen molar-refractivity contribution >= 4 is 12.0 Å². The molecule has 2 saturated heterocycles. The van der Waals surface area contributed by atoms with Gasteiger partial charge < -0.3 is 19.7 Å². The van der Waals surface area contributed by atoms with Crippen molar-refractivity contribution in [2.45, 2.75) is 51.0 Å². The predicted molar refractivity (Wildman–Crippen MR) is 106 cm³/mol. The molecule has 0 aromatic heterocycles. The monoisotopic (exact) mass is 386 g/mol. The van der Waals surface area contributed by atoms with Crippen LogP contribution < -0.4 is 5.32 Å². The van der Waals surface area contributed by atoms with Gasteiger partial charge in [0, 0.05) is 50.2 Å². The first-order chi connectivity index (χ1) is 13.3. The zero-order valence-electron chi connectivity index (χ0n) is 17.0. The van der Waals surface area contributed by atoms with Crippen LogP contribution >= 0.6 is 0 Å². The minimum Gasteiger partial charge on any atom is -0.444 e. The van der Waals surface area contributed by atoms with E-state index in [1.54, 1.807) is 4.90 Å². The fourth-order valence-electron chi connectivity index (χ4n) is 4.60. The van der Waals surface area contributed by atoms with Crippen LogP contribution in [0.1, 0.15) is 66.9 Å². The van der Waals surface area contributed by atoms with E-state index in [1.165, 1.54) is 5.56 Å². The number of ether oxygens (including phenoxy) is 2. The maximum atomic E-state index is 12.7. The van der Waals surface area contributed by atoms with E-state index in [-0.39, 0.29) is 23.8 Å². The van der Waals surface area contributed by atoms with E-state index < -0.39 is 5.60 Å². The van der Waals surface area contributed by atoms with Gasteiger partial charge in [0.15, 0.2) is 0 Å². The maximum Gasteiger partial charge on any atom is 0.410 e. The van der Waals surface area contributed by atoms with Crippen LogP contribution in [-0.4, -0.2) is 55.3 Å². The molecule has 1 N–H and O–H groups in total. The summed E-state index contributed by atoms with van der Waals surface area (Å²) in [6, 6.07) is 6.35. The molecule has 152 valence electrons. The number of hydrogen-bond donors (Lipinski definition) is 1. The fourth-order valence-corrected chi connectivity index (χ4v) is 4.60. The van der Waals surface area contributed by atoms with E-state index in [1.807, 2.05) is 20.8 Å². The molecule has 2 amide bonds. The molecule has 0 spiro atoms. The van der Waals surface area contributed by atoms with E-state index >= 15 is 0 Å². The number of rotatable bonds is 1. The van der Waals surface area contributed by atoms with Gasteiger partial charge in [-0.2, -0.15) is 0 Å². The van der Waals surface area contributed by atoms with Gasteiger partial charge in [0.2, 0.25) is 0 Å². The first-order valence-electron chi connectivity index (χ1n) is 10.3. The summed E-state index contributed by atoms with van der Waals surface area (Å²) in [5.41, 5.74) is 2.54. The Hall–Kier alpha value is -2.08. The van der Waals surface area contributed by atoms with Crippen molar-refractivity contribution < 1.29 is 19.1 Å². The van der Waals surface area contributed by atoms with Crippen LogP contribution in [0.5, 0.6) is 0 Å². The number of hydrogen-bond acceptors (Lipinski definition) is 4. The summed E-state index contributed by atoms with van der Waals surface area (Å²) >= 11 is 0. The molecule has 2 fully saturated rings. The molecule has 0 saturated carbocycles. The Bertz CT molecular complexity index is 764. The topological polar surface area (TPSA) is 67.9 Å². The lowest BCUT2D eigenvalue weighted by molar-refractivity contribution is 0.0287. The van der Waals surface area contributed by atoms with E-state index in [9.17, 15) is 9.59 Å². The molecule has 0 aliphatic carbocycles. The number of carbonyl (C=O) groups is 2. The van der Waals surface area contributed by atoms with Crippen LogP contribution in [0.4, 0.5) is 4.79 Å². The van der Waals surface area contributed by atoms with Crippen LogP contribution in [0.15, 0.2) is 18.2 Å². The van der Waals surface area contributed by atoms with E-state index in [0.717, 1.165) is 37.2 Å². The molecule has 1 aromatic carbocycles. The smallest absolute Gasteiger partial charge is 0.410 e. The van der Waals surface area contributed by atoms with Gasteiger partial charge in [-0.3, -0.25) is 4.79 Å². The summed E-state index contributed by atoms with van der Waals surface area (Å²) in [5, 5.41) is 3.07. The van der Waals surface area contributed by atoms with Crippen molar-refractivity contribution in [2.75, 3.05) is 32.8 Å². The number of fused-ring (bicyclic) bond motifs is 3. The molecule has 1 aromatic rings. The van der Waals surface area contributed by atoms with Crippen molar-refractivity contribution in [1.82, 2.24) is 10.2 Å². The summed E-state index contributed by atoms with van der Waals surface area (Å²) in [6.45, 7) is 9.00. The van der Waals surface area contributed by atoms with Crippen molar-refractivity contribution in [3.8, 4) is 0 Å². The Balaban J connectivity index is 1.58. The molecule has 0 bridgehead atoms. The van der Waals surface area contributed by atoms with Crippen molar-refractivity contribution in [2.24, 2.45) is 5.92 Å². The zero-order chi connectivity index (χ0) is 19.9. The normalized spacial score (nSPS) is 25.5. The van der Waals surface area contributed by atoms with Crippen LogP contribution in [0.2, 0.25) is 0 Å². The molecule has 4 rings (SSSR count). The summed E-state index contributed by atoms with van der Waals surface area (Å²) in [6.07, 6.45) is 1.73. The Morgan fingerprint density at radius 2 is 1.96 bits per heavy atom. The van der Waals surface area contributed by atoms with Crippen LogP contribution in [0, 0.1) is 5.92 Å². The summed E-state index contributed by atoms with van der Waals surface area (Å²) in [4.78, 5) is 27.1. The Morgan fingerprint density at radius 3 is 2.68 bits per heavy atom. The van der Waals surface area contributed by atoms with Crippen molar-refractivity contribution in [3.05, 3.63) is 34.9 Å². The summed E-state index contributed by atoms with van der Waals surface area (Å²) < 4.78 is 11.0. The van der Waals surface area contributed by atoms with Gasteiger partial charge >= 0.3 is 6.09 Å². The molecule has 3 aliphatic heterocycles. The highest BCUT2D eigenvalue weighted by Crippen LogP contribution is 2.38. The van der Waals surface area contributed by atoms with Crippen molar-refractivity contribution in [1.29, 1.82) is 0 Å². The minimum atomic E-state index is -0.507. The molecule has 3 heterocycles. The quantitative estimate of drug-likeness (QED) is 0.804. The highest BCUT2D eigenvalue weighted by molar-refractivity contribution is 5.96. The third-order valence-corrected chi connectivity index (χ3v) is 6.03. The average Bonchev–Trinajstić information content (AvgIpc) is 3.04. The number of likely N-dealkylation sites (tertiary alicyclic amines) is 1. The second-order valence-corrected chi connectivity index (χ2v) is 9.20. The van der Waals surface area contributed by atoms with Gasteiger partial charge in [-0.25, -0.2) is 4.79 Å². The van der Waals surface area contributed by atoms with E-state index in [0.29, 0.717) is 25.6 Å². The van der Waals surface area contributed by atoms with E-state index in [2.05, 4.69) is 23.5 Å². The second kappa shape index (κ2) is 7.39. The lowest BCUT2D eigenvalue weighted by Gasteiger charge is -2.25. The Kier molecular flexibility index (Phi) is 5.08. The Morgan fingerprint density at radius 1 is 1.21 bits per heavy atom. The second-order valence-electron chi connectivity index (χ2n) is 9.20. The van der Waals surface area contributed by atoms with Gasteiger partial charge in [-0.1, -0.05) is 12.1 Å². The number of carbonyl (C=O) groups excluding carboxylic acids is 2. The zero-order valence-corrected chi connectivity index (χ0v) is 17.0. The lowest BCUT2D eigenvalue weighted by atomic mass is 9.84. The minimum absolute atomic E-state index is 0.00197. The van der Waals surface area contributed by atoms with Crippen LogP contribution in [0.3, 0.4) is 0 Å². The largest absolute Gasteiger partial charge is 0.444 e. The molecule has 2 atom stereocenters. The third-order valence-electron chi connectivity index (χ3n) is 6.03. The van der Waals surface area contributed by atoms with Crippen LogP contribution in [0.25, 0.3) is 0 Å². The highest BCUT2D eigenvalue weighted by atomic mass is 16.6. The van der Waals surface area contributed by atoms with Crippen LogP contribution in [-0.2, 0) is 9.47 Å². The lowest BCUT2D eigenvalue weighted by Crippen LogP contribution is -2.36. The standard InChI is InChI=1S/C22H30N2O4/c1-22(2,3)28-21(26)24-12-16-11-23-20(25)18-10-15(14-6-8-27-9-7-14)4-5-17(18)19(16)13-24/h4-5,10,14,16,19H,6-9,11-13H2,1-3H3,(H,23,25)/t16-,19-/m1/s1. The first-order valence-corrected chi connectivity index (χ1v) is 10.3. The van der Waals surface area contributed by atoms with Gasteiger partial charge in [0.25, 0.3) is 5.91 Å². The first kappa shape index (κ1) is 19.2. The number of amides is 2. The molecular formula is C22H30N2O4. The van der Waals surface area contributed by atoms with Gasteiger partial charge in [-0.15, -0.1) is 0 Å². The Labute approximate surface area is 166 Å². The maximum absolute atomic E-state index is 12.7. The average molecular weight is 386 g/mol.